The normalized spacial score (nSPS) is 19.3. The van der Waals surface area contributed by atoms with Crippen LogP contribution in [-0.2, 0) is 20.8 Å². The second-order valence-corrected chi connectivity index (χ2v) is 13.1. The van der Waals surface area contributed by atoms with Crippen molar-refractivity contribution in [2.24, 2.45) is 5.92 Å². The number of hydrogen-bond donors (Lipinski definition) is 2. The van der Waals surface area contributed by atoms with Crippen molar-refractivity contribution < 1.29 is 28.0 Å². The molecule has 1 saturated carbocycles. The molecule has 2 aromatic rings. The lowest BCUT2D eigenvalue weighted by Gasteiger charge is -2.36. The highest BCUT2D eigenvalue weighted by molar-refractivity contribution is 5.97. The maximum atomic E-state index is 14.0. The Labute approximate surface area is 270 Å². The predicted octanol–water partition coefficient (Wildman–Crippen LogP) is 3.97. The molecule has 3 atom stereocenters. The van der Waals surface area contributed by atoms with Crippen molar-refractivity contribution in [2.75, 3.05) is 33.2 Å². The highest BCUT2D eigenvalue weighted by atomic mass is 19.3. The number of likely N-dealkylation sites (N-methyl/N-ethyl adjacent to an activating group) is 1. The third-order valence-electron chi connectivity index (χ3n) is 9.36. The van der Waals surface area contributed by atoms with Crippen molar-refractivity contribution in [2.45, 2.75) is 96.2 Å². The molecule has 1 aromatic carbocycles. The van der Waals surface area contributed by atoms with Crippen LogP contribution in [0.1, 0.15) is 93.4 Å². The molecule has 0 unspecified atom stereocenters. The molecule has 2 aliphatic rings. The van der Waals surface area contributed by atoms with Crippen LogP contribution in [0, 0.1) is 5.92 Å². The van der Waals surface area contributed by atoms with Crippen molar-refractivity contribution in [1.82, 2.24) is 30.2 Å². The fraction of sp³-hybridized carbons (Fsp3) is 0.618. The first-order valence-electron chi connectivity index (χ1n) is 16.4. The molecule has 46 heavy (non-hydrogen) atoms. The first-order chi connectivity index (χ1) is 21.8. The van der Waals surface area contributed by atoms with Crippen molar-refractivity contribution in [3.63, 3.8) is 0 Å². The third kappa shape index (κ3) is 8.77. The van der Waals surface area contributed by atoms with E-state index in [2.05, 4.69) is 20.6 Å². The lowest BCUT2D eigenvalue weighted by Crippen LogP contribution is -2.55. The van der Waals surface area contributed by atoms with Crippen LogP contribution in [0.2, 0.25) is 0 Å². The van der Waals surface area contributed by atoms with Crippen molar-refractivity contribution in [3.05, 3.63) is 53.3 Å². The molecular weight excluding hydrogens is 594 g/mol. The number of Topliss-reactive ketones (excluding diaryl/α,β-unsaturated/α-hetero) is 1. The van der Waals surface area contributed by atoms with E-state index in [4.69, 9.17) is 0 Å². The van der Waals surface area contributed by atoms with Gasteiger partial charge < -0.3 is 20.4 Å². The van der Waals surface area contributed by atoms with Gasteiger partial charge in [-0.1, -0.05) is 38.1 Å². The number of nitrogens with one attached hydrogen (secondary N) is 2. The Morgan fingerprint density at radius 1 is 0.957 bits per heavy atom. The second kappa shape index (κ2) is 15.3. The molecule has 4 rings (SSSR count). The van der Waals surface area contributed by atoms with Gasteiger partial charge in [-0.25, -0.2) is 8.78 Å². The third-order valence-corrected chi connectivity index (χ3v) is 9.36. The summed E-state index contributed by atoms with van der Waals surface area (Å²) in [4.78, 5) is 56.9. The minimum absolute atomic E-state index is 0.00612. The summed E-state index contributed by atoms with van der Waals surface area (Å²) in [5, 5.41) is 9.99. The summed E-state index contributed by atoms with van der Waals surface area (Å²) in [5.41, 5.74) is 1.85. The van der Waals surface area contributed by atoms with Crippen LogP contribution >= 0.6 is 0 Å². The topological polar surface area (TPSA) is 117 Å². The molecule has 1 aliphatic carbocycles. The Bertz CT molecular complexity index is 1360. The van der Waals surface area contributed by atoms with Crippen LogP contribution < -0.4 is 10.6 Å². The molecule has 0 bridgehead atoms. The van der Waals surface area contributed by atoms with E-state index >= 15 is 0 Å². The fourth-order valence-corrected chi connectivity index (χ4v) is 6.32. The molecule has 252 valence electrons. The van der Waals surface area contributed by atoms with Gasteiger partial charge in [0.15, 0.2) is 5.78 Å². The zero-order chi connectivity index (χ0) is 33.6. The first-order valence-corrected chi connectivity index (χ1v) is 16.4. The summed E-state index contributed by atoms with van der Waals surface area (Å²) < 4.78 is 29.6. The Morgan fingerprint density at radius 2 is 1.59 bits per heavy atom. The Hall–Kier alpha value is -3.67. The van der Waals surface area contributed by atoms with Crippen LogP contribution in [-0.4, -0.2) is 94.3 Å². The van der Waals surface area contributed by atoms with Crippen LogP contribution in [0.15, 0.2) is 36.5 Å². The van der Waals surface area contributed by atoms with Gasteiger partial charge in [-0.2, -0.15) is 5.10 Å². The number of amides is 3. The zero-order valence-electron chi connectivity index (χ0n) is 27.6. The number of piperazine rings is 1. The van der Waals surface area contributed by atoms with E-state index in [1.165, 1.54) is 6.20 Å². The van der Waals surface area contributed by atoms with Crippen LogP contribution in [0.3, 0.4) is 0 Å². The summed E-state index contributed by atoms with van der Waals surface area (Å²) in [6.45, 7) is 10.2. The zero-order valence-corrected chi connectivity index (χ0v) is 27.6. The van der Waals surface area contributed by atoms with Gasteiger partial charge in [0.2, 0.25) is 17.7 Å². The van der Waals surface area contributed by atoms with E-state index in [1.54, 1.807) is 22.6 Å². The van der Waals surface area contributed by atoms with Crippen molar-refractivity contribution >= 4 is 23.5 Å². The minimum atomic E-state index is -2.77. The van der Waals surface area contributed by atoms with Crippen molar-refractivity contribution in [3.8, 4) is 0 Å². The van der Waals surface area contributed by atoms with Gasteiger partial charge >= 0.3 is 0 Å². The smallest absolute Gasteiger partial charge is 0.270 e. The van der Waals surface area contributed by atoms with Crippen LogP contribution in [0.5, 0.6) is 0 Å². The number of carbonyl (C=O) groups excluding carboxylic acids is 4. The van der Waals surface area contributed by atoms with Crippen molar-refractivity contribution in [1.29, 1.82) is 0 Å². The number of benzene rings is 1. The molecule has 0 radical (unpaired) electrons. The highest BCUT2D eigenvalue weighted by Gasteiger charge is 2.40. The standard InChI is InChI=1S/C34H48F2N6O4/c1-6-29(44)38-30(33(46)41-19-17-40(5)18-20-41)23(4)25-9-7-24(8-10-25)21-28(43)31(26-11-14-34(35,36)15-12-26)39-32(45)27-13-16-37-42(27)22(2)3/h7-10,13,16,22-23,26,30-31H,6,11-12,14-15,17-21H2,1-5H3,(H,38,44)(H,39,45)/t23-,30+,31-/m0/s1. The number of nitrogens with zero attached hydrogens (tertiary/aromatic N) is 4. The van der Waals surface area contributed by atoms with Gasteiger partial charge in [0, 0.05) is 70.0 Å². The number of ketones is 1. The summed E-state index contributed by atoms with van der Waals surface area (Å²) in [6.07, 6.45) is 1.41. The van der Waals surface area contributed by atoms with E-state index in [1.807, 2.05) is 52.1 Å². The molecule has 12 heteroatoms. The Balaban J connectivity index is 1.49. The average Bonchev–Trinajstić information content (AvgIpc) is 3.53. The number of aromatic nitrogens is 2. The molecule has 1 aromatic heterocycles. The summed E-state index contributed by atoms with van der Waals surface area (Å²) in [5.74, 6) is -4.53. The van der Waals surface area contributed by atoms with E-state index < -0.39 is 29.8 Å². The van der Waals surface area contributed by atoms with E-state index in [9.17, 15) is 28.0 Å². The fourth-order valence-electron chi connectivity index (χ4n) is 6.32. The number of carbonyl (C=O) groups is 4. The quantitative estimate of drug-likeness (QED) is 0.362. The summed E-state index contributed by atoms with van der Waals surface area (Å²) in [7, 11) is 2.01. The molecule has 0 spiro atoms. The summed E-state index contributed by atoms with van der Waals surface area (Å²) in [6, 6.07) is 7.17. The minimum Gasteiger partial charge on any atom is -0.344 e. The monoisotopic (exact) mass is 642 g/mol. The molecule has 2 N–H and O–H groups in total. The van der Waals surface area contributed by atoms with E-state index in [-0.39, 0.29) is 68.1 Å². The van der Waals surface area contributed by atoms with Crippen LogP contribution in [0.25, 0.3) is 0 Å². The SMILES string of the molecule is CCC(=O)N[C@@H](C(=O)N1CCN(C)CC1)[C@@H](C)c1ccc(CC(=O)[C@@H](NC(=O)c2ccnn2C(C)C)C2CCC(F)(F)CC2)cc1. The Morgan fingerprint density at radius 3 is 2.17 bits per heavy atom. The molecule has 10 nitrogen and oxygen atoms in total. The van der Waals surface area contributed by atoms with Gasteiger partial charge in [0.25, 0.3) is 5.91 Å². The van der Waals surface area contributed by atoms with E-state index in [0.29, 0.717) is 24.3 Å². The summed E-state index contributed by atoms with van der Waals surface area (Å²) >= 11 is 0. The maximum Gasteiger partial charge on any atom is 0.270 e. The number of alkyl halides is 2. The molecule has 2 fully saturated rings. The first kappa shape index (κ1) is 35.2. The van der Waals surface area contributed by atoms with Gasteiger partial charge in [-0.05, 0) is 56.8 Å². The van der Waals surface area contributed by atoms with Crippen LogP contribution in [0.4, 0.5) is 8.78 Å². The van der Waals surface area contributed by atoms with Gasteiger partial charge in [-0.15, -0.1) is 0 Å². The van der Waals surface area contributed by atoms with E-state index in [0.717, 1.165) is 18.7 Å². The molecule has 3 amide bonds. The predicted molar refractivity (Wildman–Crippen MR) is 171 cm³/mol. The second-order valence-electron chi connectivity index (χ2n) is 13.1. The average molecular weight is 643 g/mol. The van der Waals surface area contributed by atoms with Gasteiger partial charge in [-0.3, -0.25) is 23.9 Å². The molecule has 1 aliphatic heterocycles. The number of rotatable bonds is 12. The molecular formula is C34H48F2N6O4. The van der Waals surface area contributed by atoms with Gasteiger partial charge in [0.05, 0.1) is 6.04 Å². The largest absolute Gasteiger partial charge is 0.344 e. The lowest BCUT2D eigenvalue weighted by molar-refractivity contribution is -0.138. The Kier molecular flexibility index (Phi) is 11.7. The molecule has 2 heterocycles. The highest BCUT2D eigenvalue weighted by Crippen LogP contribution is 2.38. The lowest BCUT2D eigenvalue weighted by atomic mass is 9.79. The number of halogens is 2. The maximum absolute atomic E-state index is 14.0. The van der Waals surface area contributed by atoms with Gasteiger partial charge in [0.1, 0.15) is 11.7 Å². The molecule has 1 saturated heterocycles. The number of hydrogen-bond acceptors (Lipinski definition) is 6.